The molecule has 0 radical (unpaired) electrons. The fourth-order valence-corrected chi connectivity index (χ4v) is 2.04. The highest BCUT2D eigenvalue weighted by Crippen LogP contribution is 2.11. The van der Waals surface area contributed by atoms with Gasteiger partial charge in [0.2, 0.25) is 0 Å². The monoisotopic (exact) mass is 313 g/mol. The van der Waals surface area contributed by atoms with Crippen LogP contribution in [-0.2, 0) is 17.9 Å². The summed E-state index contributed by atoms with van der Waals surface area (Å²) in [4.78, 5) is 12.2. The van der Waals surface area contributed by atoms with Crippen LogP contribution in [-0.4, -0.2) is 19.1 Å². The van der Waals surface area contributed by atoms with Crippen LogP contribution in [0.4, 0.5) is 0 Å². The first kappa shape index (κ1) is 17.0. The van der Waals surface area contributed by atoms with E-state index >= 15 is 0 Å². The Morgan fingerprint density at radius 3 is 2.17 bits per heavy atom. The van der Waals surface area contributed by atoms with Gasteiger partial charge in [0.05, 0.1) is 19.8 Å². The number of carbonyl (C=O) groups excluding carboxylic acids is 1. The normalized spacial score (nSPS) is 10.6. The van der Waals surface area contributed by atoms with E-state index in [1.807, 2.05) is 62.4 Å². The van der Waals surface area contributed by atoms with Gasteiger partial charge in [-0.3, -0.25) is 4.79 Å². The molecule has 0 aliphatic carbocycles. The molecule has 4 nitrogen and oxygen atoms in total. The van der Waals surface area contributed by atoms with Crippen LogP contribution in [0.25, 0.3) is 0 Å². The number of hydrogen-bond acceptors (Lipinski definition) is 3. The van der Waals surface area contributed by atoms with Gasteiger partial charge in [0, 0.05) is 12.1 Å². The summed E-state index contributed by atoms with van der Waals surface area (Å²) in [5, 5.41) is 2.91. The van der Waals surface area contributed by atoms with Gasteiger partial charge < -0.3 is 14.8 Å². The van der Waals surface area contributed by atoms with Gasteiger partial charge in [-0.25, -0.2) is 0 Å². The Morgan fingerprint density at radius 1 is 1.00 bits per heavy atom. The zero-order valence-electron chi connectivity index (χ0n) is 13.8. The van der Waals surface area contributed by atoms with E-state index in [2.05, 4.69) is 5.32 Å². The first-order chi connectivity index (χ1) is 11.1. The molecule has 0 saturated heterocycles. The van der Waals surface area contributed by atoms with Gasteiger partial charge in [-0.15, -0.1) is 0 Å². The third-order valence-electron chi connectivity index (χ3n) is 3.41. The zero-order chi connectivity index (χ0) is 16.7. The first-order valence-corrected chi connectivity index (χ1v) is 7.70. The Labute approximate surface area is 137 Å². The van der Waals surface area contributed by atoms with E-state index in [4.69, 9.17) is 9.47 Å². The molecule has 2 aromatic carbocycles. The van der Waals surface area contributed by atoms with Gasteiger partial charge in [0.1, 0.15) is 5.75 Å². The van der Waals surface area contributed by atoms with E-state index < -0.39 is 0 Å². The van der Waals surface area contributed by atoms with Crippen molar-refractivity contribution in [3.05, 3.63) is 65.2 Å². The molecule has 0 bridgehead atoms. The second kappa shape index (κ2) is 8.34. The van der Waals surface area contributed by atoms with Crippen LogP contribution in [0.2, 0.25) is 0 Å². The number of nitrogens with one attached hydrogen (secondary N) is 1. The summed E-state index contributed by atoms with van der Waals surface area (Å²) in [6.45, 7) is 5.05. The standard InChI is InChI=1S/C19H23NO3/c1-14(2)23-13-16-4-8-17(9-5-16)19(21)20-12-15-6-10-18(22-3)11-7-15/h4-11,14H,12-13H2,1-3H3,(H,20,21). The topological polar surface area (TPSA) is 47.6 Å². The van der Waals surface area contributed by atoms with Crippen molar-refractivity contribution in [2.24, 2.45) is 0 Å². The largest absolute Gasteiger partial charge is 0.497 e. The number of methoxy groups -OCH3 is 1. The van der Waals surface area contributed by atoms with Crippen LogP contribution in [0.1, 0.15) is 35.3 Å². The SMILES string of the molecule is COc1ccc(CNC(=O)c2ccc(COC(C)C)cc2)cc1. The predicted octanol–water partition coefficient (Wildman–Crippen LogP) is 3.55. The molecule has 122 valence electrons. The highest BCUT2D eigenvalue weighted by atomic mass is 16.5. The average molecular weight is 313 g/mol. The summed E-state index contributed by atoms with van der Waals surface area (Å²) >= 11 is 0. The Hall–Kier alpha value is -2.33. The summed E-state index contributed by atoms with van der Waals surface area (Å²) in [6.07, 6.45) is 0.197. The van der Waals surface area contributed by atoms with Crippen LogP contribution in [0, 0.1) is 0 Å². The van der Waals surface area contributed by atoms with Crippen LogP contribution in [0.5, 0.6) is 5.75 Å². The summed E-state index contributed by atoms with van der Waals surface area (Å²) in [5.41, 5.74) is 2.73. The number of benzene rings is 2. The van der Waals surface area contributed by atoms with Gasteiger partial charge in [-0.1, -0.05) is 24.3 Å². The van der Waals surface area contributed by atoms with Gasteiger partial charge >= 0.3 is 0 Å². The van der Waals surface area contributed by atoms with Crippen molar-refractivity contribution in [2.45, 2.75) is 33.1 Å². The van der Waals surface area contributed by atoms with Crippen molar-refractivity contribution in [2.75, 3.05) is 7.11 Å². The van der Waals surface area contributed by atoms with Gasteiger partial charge in [-0.05, 0) is 49.2 Å². The van der Waals surface area contributed by atoms with Gasteiger partial charge in [0.15, 0.2) is 0 Å². The number of rotatable bonds is 7. The fourth-order valence-electron chi connectivity index (χ4n) is 2.04. The van der Waals surface area contributed by atoms with Crippen molar-refractivity contribution >= 4 is 5.91 Å². The fraction of sp³-hybridized carbons (Fsp3) is 0.316. The molecule has 2 rings (SSSR count). The van der Waals surface area contributed by atoms with Gasteiger partial charge in [0.25, 0.3) is 5.91 Å². The van der Waals surface area contributed by atoms with Crippen LogP contribution >= 0.6 is 0 Å². The van der Waals surface area contributed by atoms with Crippen LogP contribution in [0.15, 0.2) is 48.5 Å². The van der Waals surface area contributed by atoms with E-state index in [9.17, 15) is 4.79 Å². The molecule has 2 aromatic rings. The average Bonchev–Trinajstić information content (AvgIpc) is 2.58. The predicted molar refractivity (Wildman–Crippen MR) is 90.5 cm³/mol. The lowest BCUT2D eigenvalue weighted by Gasteiger charge is -2.09. The molecule has 1 amide bonds. The lowest BCUT2D eigenvalue weighted by molar-refractivity contribution is 0.0657. The number of amides is 1. The maximum atomic E-state index is 12.2. The number of hydrogen-bond donors (Lipinski definition) is 1. The van der Waals surface area contributed by atoms with Crippen molar-refractivity contribution in [1.82, 2.24) is 5.32 Å². The summed E-state index contributed by atoms with van der Waals surface area (Å²) in [5.74, 6) is 0.719. The molecule has 0 unspecified atom stereocenters. The molecule has 23 heavy (non-hydrogen) atoms. The summed E-state index contributed by atoms with van der Waals surface area (Å²) in [6, 6.07) is 15.1. The molecule has 0 atom stereocenters. The molecule has 0 aliphatic rings. The molecule has 0 fully saturated rings. The van der Waals surface area contributed by atoms with E-state index in [0.29, 0.717) is 18.7 Å². The Kier molecular flexibility index (Phi) is 6.18. The summed E-state index contributed by atoms with van der Waals surface area (Å²) < 4.78 is 10.7. The molecule has 0 aromatic heterocycles. The van der Waals surface area contributed by atoms with Gasteiger partial charge in [-0.2, -0.15) is 0 Å². The van der Waals surface area contributed by atoms with E-state index in [0.717, 1.165) is 16.9 Å². The lowest BCUT2D eigenvalue weighted by atomic mass is 10.1. The Morgan fingerprint density at radius 2 is 1.61 bits per heavy atom. The highest BCUT2D eigenvalue weighted by Gasteiger charge is 2.06. The first-order valence-electron chi connectivity index (χ1n) is 7.70. The smallest absolute Gasteiger partial charge is 0.251 e. The quantitative estimate of drug-likeness (QED) is 0.850. The minimum absolute atomic E-state index is 0.0860. The maximum Gasteiger partial charge on any atom is 0.251 e. The number of ether oxygens (including phenoxy) is 2. The molecular weight excluding hydrogens is 290 g/mol. The molecular formula is C19H23NO3. The van der Waals surface area contributed by atoms with Crippen molar-refractivity contribution in [1.29, 1.82) is 0 Å². The molecule has 0 aliphatic heterocycles. The van der Waals surface area contributed by atoms with E-state index in [-0.39, 0.29) is 12.0 Å². The molecule has 0 saturated carbocycles. The second-order valence-corrected chi connectivity index (χ2v) is 5.59. The van der Waals surface area contributed by atoms with Crippen molar-refractivity contribution in [3.63, 3.8) is 0 Å². The highest BCUT2D eigenvalue weighted by molar-refractivity contribution is 5.94. The van der Waals surface area contributed by atoms with Crippen molar-refractivity contribution in [3.8, 4) is 5.75 Å². The third-order valence-corrected chi connectivity index (χ3v) is 3.41. The number of carbonyl (C=O) groups is 1. The second-order valence-electron chi connectivity index (χ2n) is 5.59. The lowest BCUT2D eigenvalue weighted by Crippen LogP contribution is -2.22. The Bertz CT molecular complexity index is 618. The Balaban J connectivity index is 1.87. The third kappa shape index (κ3) is 5.42. The minimum Gasteiger partial charge on any atom is -0.497 e. The molecule has 0 spiro atoms. The minimum atomic E-state index is -0.0860. The molecule has 0 heterocycles. The summed E-state index contributed by atoms with van der Waals surface area (Å²) in [7, 11) is 1.63. The van der Waals surface area contributed by atoms with E-state index in [1.165, 1.54) is 0 Å². The van der Waals surface area contributed by atoms with E-state index in [1.54, 1.807) is 7.11 Å². The molecule has 1 N–H and O–H groups in total. The van der Waals surface area contributed by atoms with Crippen molar-refractivity contribution < 1.29 is 14.3 Å². The van der Waals surface area contributed by atoms with Crippen LogP contribution < -0.4 is 10.1 Å². The van der Waals surface area contributed by atoms with Crippen LogP contribution in [0.3, 0.4) is 0 Å². The zero-order valence-corrected chi connectivity index (χ0v) is 13.8. The maximum absolute atomic E-state index is 12.2. The molecule has 4 heteroatoms.